The lowest BCUT2D eigenvalue weighted by Gasteiger charge is -2.01. The second kappa shape index (κ2) is 6.95. The van der Waals surface area contributed by atoms with Crippen LogP contribution in [0.2, 0.25) is 0 Å². The number of ether oxygens (including phenoxy) is 2. The predicted molar refractivity (Wildman–Crippen MR) is 64.8 cm³/mol. The number of hydrogen-bond acceptors (Lipinski definition) is 5. The van der Waals surface area contributed by atoms with Crippen molar-refractivity contribution in [3.05, 3.63) is 42.0 Å². The fourth-order valence-electron chi connectivity index (χ4n) is 1.14. The van der Waals surface area contributed by atoms with Gasteiger partial charge in [0.15, 0.2) is 0 Å². The van der Waals surface area contributed by atoms with E-state index >= 15 is 0 Å². The number of carboxylic acids is 1. The lowest BCUT2D eigenvalue weighted by Crippen LogP contribution is -2.06. The zero-order chi connectivity index (χ0) is 14.3. The number of aromatic carboxylic acids is 1. The minimum Gasteiger partial charge on any atom is -0.478 e. The Morgan fingerprint density at radius 1 is 1.11 bits per heavy atom. The number of carbonyl (C=O) groups is 3. The zero-order valence-electron chi connectivity index (χ0n) is 10.2. The monoisotopic (exact) mass is 264 g/mol. The third kappa shape index (κ3) is 5.03. The molecule has 0 unspecified atom stereocenters. The quantitative estimate of drug-likeness (QED) is 0.491. The first-order valence-corrected chi connectivity index (χ1v) is 5.43. The molecule has 0 aromatic heterocycles. The lowest BCUT2D eigenvalue weighted by molar-refractivity contribution is -0.138. The van der Waals surface area contributed by atoms with Crippen molar-refractivity contribution >= 4 is 17.9 Å². The van der Waals surface area contributed by atoms with Crippen molar-refractivity contribution in [2.24, 2.45) is 0 Å². The molecule has 0 bridgehead atoms. The molecule has 0 fully saturated rings. The van der Waals surface area contributed by atoms with Crippen molar-refractivity contribution in [1.29, 1.82) is 0 Å². The van der Waals surface area contributed by atoms with E-state index in [9.17, 15) is 14.4 Å². The Balaban J connectivity index is 2.57. The van der Waals surface area contributed by atoms with E-state index in [-0.39, 0.29) is 17.9 Å². The summed E-state index contributed by atoms with van der Waals surface area (Å²) in [4.78, 5) is 32.8. The van der Waals surface area contributed by atoms with Gasteiger partial charge in [-0.25, -0.2) is 14.4 Å². The summed E-state index contributed by atoms with van der Waals surface area (Å²) in [6.07, 6.45) is 1.89. The molecule has 0 amide bonds. The van der Waals surface area contributed by atoms with Crippen LogP contribution in [0.15, 0.2) is 36.4 Å². The molecule has 0 atom stereocenters. The molecular weight excluding hydrogens is 252 g/mol. The van der Waals surface area contributed by atoms with Crippen molar-refractivity contribution in [3.8, 4) is 5.75 Å². The lowest BCUT2D eigenvalue weighted by atomic mass is 10.2. The Labute approximate surface area is 109 Å². The number of carbonyl (C=O) groups excluding carboxylic acids is 2. The zero-order valence-corrected chi connectivity index (χ0v) is 10.2. The van der Waals surface area contributed by atoms with Crippen LogP contribution in [-0.4, -0.2) is 29.6 Å². The summed E-state index contributed by atoms with van der Waals surface area (Å²) in [5, 5.41) is 8.68. The van der Waals surface area contributed by atoms with E-state index in [4.69, 9.17) is 9.84 Å². The number of hydrogen-bond donors (Lipinski definition) is 1. The number of carboxylic acid groups (broad SMARTS) is 1. The van der Waals surface area contributed by atoms with Gasteiger partial charge >= 0.3 is 17.9 Å². The van der Waals surface area contributed by atoms with Crippen molar-refractivity contribution in [1.82, 2.24) is 0 Å². The maximum Gasteiger partial charge on any atom is 0.336 e. The van der Waals surface area contributed by atoms with Crippen molar-refractivity contribution in [3.63, 3.8) is 0 Å². The molecule has 0 radical (unpaired) electrons. The Bertz CT molecular complexity index is 500. The Morgan fingerprint density at radius 2 is 1.68 bits per heavy atom. The molecule has 6 nitrogen and oxygen atoms in total. The molecular formula is C13H12O6. The third-order valence-corrected chi connectivity index (χ3v) is 1.96. The van der Waals surface area contributed by atoms with Crippen molar-refractivity contribution < 1.29 is 29.0 Å². The maximum atomic E-state index is 11.3. The summed E-state index contributed by atoms with van der Waals surface area (Å²) >= 11 is 0. The molecule has 1 N–H and O–H groups in total. The van der Waals surface area contributed by atoms with E-state index in [1.807, 2.05) is 0 Å². The minimum absolute atomic E-state index is 0.0851. The summed E-state index contributed by atoms with van der Waals surface area (Å²) in [5.74, 6) is -2.28. The smallest absolute Gasteiger partial charge is 0.336 e. The Morgan fingerprint density at radius 3 is 2.21 bits per heavy atom. The fourth-order valence-corrected chi connectivity index (χ4v) is 1.14. The molecule has 19 heavy (non-hydrogen) atoms. The topological polar surface area (TPSA) is 89.9 Å². The van der Waals surface area contributed by atoms with Crippen LogP contribution in [0, 0.1) is 0 Å². The first-order valence-electron chi connectivity index (χ1n) is 5.43. The molecule has 1 rings (SSSR count). The van der Waals surface area contributed by atoms with Gasteiger partial charge in [-0.15, -0.1) is 0 Å². The second-order valence-electron chi connectivity index (χ2n) is 3.34. The summed E-state index contributed by atoms with van der Waals surface area (Å²) in [6.45, 7) is 1.86. The molecule has 0 heterocycles. The van der Waals surface area contributed by atoms with Crippen LogP contribution in [0.1, 0.15) is 17.3 Å². The van der Waals surface area contributed by atoms with Gasteiger partial charge in [-0.2, -0.15) is 0 Å². The molecule has 1 aromatic carbocycles. The van der Waals surface area contributed by atoms with E-state index in [2.05, 4.69) is 4.74 Å². The first kappa shape index (κ1) is 14.4. The maximum absolute atomic E-state index is 11.3. The average molecular weight is 264 g/mol. The van der Waals surface area contributed by atoms with Gasteiger partial charge in [0.05, 0.1) is 12.2 Å². The highest BCUT2D eigenvalue weighted by Crippen LogP contribution is 2.12. The molecule has 0 saturated carbocycles. The van der Waals surface area contributed by atoms with Gasteiger partial charge in [0.2, 0.25) is 0 Å². The van der Waals surface area contributed by atoms with E-state index in [0.29, 0.717) is 0 Å². The van der Waals surface area contributed by atoms with Crippen LogP contribution in [0.3, 0.4) is 0 Å². The van der Waals surface area contributed by atoms with E-state index in [0.717, 1.165) is 12.2 Å². The van der Waals surface area contributed by atoms with Gasteiger partial charge in [-0.1, -0.05) is 0 Å². The van der Waals surface area contributed by atoms with Gasteiger partial charge in [-0.3, -0.25) is 0 Å². The van der Waals surface area contributed by atoms with Crippen LogP contribution in [0.4, 0.5) is 0 Å². The molecule has 0 aliphatic heterocycles. The van der Waals surface area contributed by atoms with E-state index < -0.39 is 17.9 Å². The molecule has 100 valence electrons. The standard InChI is InChI=1S/C13H12O6/c1-2-18-11(14)7-8-12(15)19-10-5-3-9(4-6-10)13(16)17/h3-8H,2H2,1H3,(H,16,17)/b8-7+. The molecule has 0 aliphatic carbocycles. The summed E-state index contributed by atoms with van der Waals surface area (Å²) in [5.41, 5.74) is 0.0851. The number of esters is 2. The number of rotatable bonds is 5. The van der Waals surface area contributed by atoms with Crippen LogP contribution in [0.5, 0.6) is 5.75 Å². The molecule has 0 spiro atoms. The van der Waals surface area contributed by atoms with E-state index in [1.165, 1.54) is 24.3 Å². The summed E-state index contributed by atoms with van der Waals surface area (Å²) in [6, 6.07) is 5.30. The highest BCUT2D eigenvalue weighted by molar-refractivity contribution is 5.92. The SMILES string of the molecule is CCOC(=O)/C=C/C(=O)Oc1ccc(C(=O)O)cc1. The Kier molecular flexibility index (Phi) is 5.28. The second-order valence-corrected chi connectivity index (χ2v) is 3.34. The minimum atomic E-state index is -1.07. The largest absolute Gasteiger partial charge is 0.478 e. The van der Waals surface area contributed by atoms with Crippen LogP contribution in [-0.2, 0) is 14.3 Å². The van der Waals surface area contributed by atoms with Gasteiger partial charge in [0.25, 0.3) is 0 Å². The summed E-state index contributed by atoms with van der Waals surface area (Å²) < 4.78 is 9.44. The third-order valence-electron chi connectivity index (χ3n) is 1.96. The molecule has 0 aliphatic rings. The van der Waals surface area contributed by atoms with E-state index in [1.54, 1.807) is 6.92 Å². The van der Waals surface area contributed by atoms with Gasteiger partial charge in [0, 0.05) is 12.2 Å². The fraction of sp³-hybridized carbons (Fsp3) is 0.154. The average Bonchev–Trinajstić information content (AvgIpc) is 2.37. The van der Waals surface area contributed by atoms with Crippen LogP contribution < -0.4 is 4.74 Å². The van der Waals surface area contributed by atoms with Gasteiger partial charge < -0.3 is 14.6 Å². The molecule has 6 heteroatoms. The van der Waals surface area contributed by atoms with Crippen molar-refractivity contribution in [2.45, 2.75) is 6.92 Å². The molecule has 1 aromatic rings. The normalized spacial score (nSPS) is 10.2. The highest BCUT2D eigenvalue weighted by atomic mass is 16.5. The van der Waals surface area contributed by atoms with Crippen molar-refractivity contribution in [2.75, 3.05) is 6.61 Å². The van der Waals surface area contributed by atoms with Gasteiger partial charge in [0.1, 0.15) is 5.75 Å². The summed E-state index contributed by atoms with van der Waals surface area (Å²) in [7, 11) is 0. The van der Waals surface area contributed by atoms with Crippen LogP contribution in [0.25, 0.3) is 0 Å². The number of benzene rings is 1. The molecule has 0 saturated heterocycles. The van der Waals surface area contributed by atoms with Crippen LogP contribution >= 0.6 is 0 Å². The Hall–Kier alpha value is -2.63. The predicted octanol–water partition coefficient (Wildman–Crippen LogP) is 1.41. The highest BCUT2D eigenvalue weighted by Gasteiger charge is 2.05. The first-order chi connectivity index (χ1) is 9.02. The van der Waals surface area contributed by atoms with Gasteiger partial charge in [-0.05, 0) is 31.2 Å².